The largest absolute Gasteiger partial charge is 0.468 e. The Balaban J connectivity index is 2.10. The van der Waals surface area contributed by atoms with E-state index in [1.54, 1.807) is 6.07 Å². The number of hydrogen-bond acceptors (Lipinski definition) is 5. The van der Waals surface area contributed by atoms with Gasteiger partial charge in [-0.15, -0.1) is 0 Å². The molecule has 0 radical (unpaired) electrons. The van der Waals surface area contributed by atoms with Crippen molar-refractivity contribution in [3.8, 4) is 0 Å². The molecule has 6 nitrogen and oxygen atoms in total. The SMILES string of the molecule is CC(CCc1ccc2ccc([N+](=O)[O-])cc2n1)COC=O. The average Bonchev–Trinajstić information content (AvgIpc) is 2.49. The van der Waals surface area contributed by atoms with Crippen LogP contribution in [0, 0.1) is 16.0 Å². The molecule has 0 spiro atoms. The van der Waals surface area contributed by atoms with Crippen molar-refractivity contribution in [3.63, 3.8) is 0 Å². The molecule has 0 saturated heterocycles. The first kappa shape index (κ1) is 14.9. The Labute approximate surface area is 121 Å². The van der Waals surface area contributed by atoms with Gasteiger partial charge in [0.1, 0.15) is 0 Å². The molecule has 0 N–H and O–H groups in total. The molecule has 0 amide bonds. The van der Waals surface area contributed by atoms with Crippen LogP contribution in [0.25, 0.3) is 10.9 Å². The zero-order valence-corrected chi connectivity index (χ0v) is 11.7. The lowest BCUT2D eigenvalue weighted by Gasteiger charge is -2.09. The summed E-state index contributed by atoms with van der Waals surface area (Å²) in [7, 11) is 0. The van der Waals surface area contributed by atoms with Gasteiger partial charge >= 0.3 is 0 Å². The molecule has 0 aliphatic carbocycles. The normalized spacial score (nSPS) is 12.0. The van der Waals surface area contributed by atoms with Crippen LogP contribution in [0.3, 0.4) is 0 Å². The lowest BCUT2D eigenvalue weighted by atomic mass is 10.0. The van der Waals surface area contributed by atoms with E-state index in [0.29, 0.717) is 18.6 Å². The standard InChI is InChI=1S/C15H16N2O4/c1-11(9-21-10-18)2-5-13-6-3-12-4-7-14(17(19)20)8-15(12)16-13/h3-4,6-8,10-11H,2,5,9H2,1H3. The van der Waals surface area contributed by atoms with Crippen molar-refractivity contribution >= 4 is 23.1 Å². The summed E-state index contributed by atoms with van der Waals surface area (Å²) in [5.41, 5.74) is 1.54. The van der Waals surface area contributed by atoms with Crippen molar-refractivity contribution in [1.82, 2.24) is 4.98 Å². The number of non-ortho nitro benzene ring substituents is 1. The van der Waals surface area contributed by atoms with Crippen LogP contribution in [0.15, 0.2) is 30.3 Å². The maximum atomic E-state index is 10.8. The first-order valence-electron chi connectivity index (χ1n) is 6.69. The number of aryl methyl sites for hydroxylation is 1. The van der Waals surface area contributed by atoms with Gasteiger partial charge in [-0.05, 0) is 30.9 Å². The van der Waals surface area contributed by atoms with Crippen LogP contribution < -0.4 is 0 Å². The molecule has 2 aromatic rings. The minimum atomic E-state index is -0.424. The topological polar surface area (TPSA) is 82.3 Å². The number of ether oxygens (including phenoxy) is 1. The van der Waals surface area contributed by atoms with E-state index in [4.69, 9.17) is 4.74 Å². The second-order valence-electron chi connectivity index (χ2n) is 5.01. The van der Waals surface area contributed by atoms with Crippen LogP contribution in [0.5, 0.6) is 0 Å². The van der Waals surface area contributed by atoms with Gasteiger partial charge in [-0.2, -0.15) is 0 Å². The van der Waals surface area contributed by atoms with Gasteiger partial charge in [0.15, 0.2) is 0 Å². The van der Waals surface area contributed by atoms with Crippen LogP contribution >= 0.6 is 0 Å². The maximum absolute atomic E-state index is 10.8. The summed E-state index contributed by atoms with van der Waals surface area (Å²) in [4.78, 5) is 24.9. The highest BCUT2D eigenvalue weighted by atomic mass is 16.6. The molecule has 6 heteroatoms. The second-order valence-corrected chi connectivity index (χ2v) is 5.01. The van der Waals surface area contributed by atoms with E-state index in [1.807, 2.05) is 19.1 Å². The molecule has 0 aliphatic rings. The summed E-state index contributed by atoms with van der Waals surface area (Å²) in [6.45, 7) is 2.84. The van der Waals surface area contributed by atoms with E-state index >= 15 is 0 Å². The summed E-state index contributed by atoms with van der Waals surface area (Å²) >= 11 is 0. The lowest BCUT2D eigenvalue weighted by molar-refractivity contribution is -0.384. The predicted octanol–water partition coefficient (Wildman–Crippen LogP) is 2.88. The molecule has 0 bridgehead atoms. The van der Waals surface area contributed by atoms with Crippen LogP contribution in [0.1, 0.15) is 19.0 Å². The van der Waals surface area contributed by atoms with Gasteiger partial charge in [0.2, 0.25) is 0 Å². The molecule has 1 aromatic carbocycles. The quantitative estimate of drug-likeness (QED) is 0.444. The molecule has 1 heterocycles. The first-order valence-corrected chi connectivity index (χ1v) is 6.69. The number of nitro groups is 1. The van der Waals surface area contributed by atoms with Crippen molar-refractivity contribution in [1.29, 1.82) is 0 Å². The number of benzene rings is 1. The highest BCUT2D eigenvalue weighted by Crippen LogP contribution is 2.20. The van der Waals surface area contributed by atoms with Crippen LogP contribution in [-0.4, -0.2) is 23.0 Å². The van der Waals surface area contributed by atoms with Crippen molar-refractivity contribution in [2.75, 3.05) is 6.61 Å². The van der Waals surface area contributed by atoms with Crippen molar-refractivity contribution in [3.05, 3.63) is 46.1 Å². The fraction of sp³-hybridized carbons (Fsp3) is 0.333. The highest BCUT2D eigenvalue weighted by molar-refractivity contribution is 5.80. The fourth-order valence-electron chi connectivity index (χ4n) is 2.08. The van der Waals surface area contributed by atoms with E-state index in [2.05, 4.69) is 4.98 Å². The number of pyridine rings is 1. The third-order valence-electron chi connectivity index (χ3n) is 3.29. The Morgan fingerprint density at radius 2 is 2.14 bits per heavy atom. The van der Waals surface area contributed by atoms with E-state index < -0.39 is 4.92 Å². The summed E-state index contributed by atoms with van der Waals surface area (Å²) in [6.07, 6.45) is 1.57. The molecule has 2 rings (SSSR count). The first-order chi connectivity index (χ1) is 10.1. The maximum Gasteiger partial charge on any atom is 0.293 e. The summed E-state index contributed by atoms with van der Waals surface area (Å²) in [5, 5.41) is 11.7. The zero-order valence-electron chi connectivity index (χ0n) is 11.7. The van der Waals surface area contributed by atoms with Crippen molar-refractivity contribution in [2.24, 2.45) is 5.92 Å². The van der Waals surface area contributed by atoms with Crippen LogP contribution in [-0.2, 0) is 16.0 Å². The average molecular weight is 288 g/mol. The number of fused-ring (bicyclic) bond motifs is 1. The minimum absolute atomic E-state index is 0.0416. The number of rotatable bonds is 7. The Kier molecular flexibility index (Phi) is 4.81. The van der Waals surface area contributed by atoms with Crippen LogP contribution in [0.4, 0.5) is 5.69 Å². The Bertz CT molecular complexity index is 657. The lowest BCUT2D eigenvalue weighted by Crippen LogP contribution is -2.06. The number of nitro benzene ring substituents is 1. The number of carbonyl (C=O) groups is 1. The monoisotopic (exact) mass is 288 g/mol. The molecule has 1 aromatic heterocycles. The molecular weight excluding hydrogens is 272 g/mol. The number of hydrogen-bond donors (Lipinski definition) is 0. The summed E-state index contributed by atoms with van der Waals surface area (Å²) in [5.74, 6) is 0.248. The molecule has 1 unspecified atom stereocenters. The van der Waals surface area contributed by atoms with E-state index in [-0.39, 0.29) is 11.6 Å². The number of nitrogens with zero attached hydrogens (tertiary/aromatic N) is 2. The molecule has 0 saturated carbocycles. The summed E-state index contributed by atoms with van der Waals surface area (Å²) < 4.78 is 4.72. The molecule has 1 atom stereocenters. The van der Waals surface area contributed by atoms with Gasteiger partial charge in [0.25, 0.3) is 12.2 Å². The molecule has 21 heavy (non-hydrogen) atoms. The Hall–Kier alpha value is -2.50. The van der Waals surface area contributed by atoms with Crippen molar-refractivity contribution < 1.29 is 14.5 Å². The molecule has 110 valence electrons. The predicted molar refractivity (Wildman–Crippen MR) is 77.9 cm³/mol. The van der Waals surface area contributed by atoms with Crippen LogP contribution in [0.2, 0.25) is 0 Å². The zero-order chi connectivity index (χ0) is 15.2. The van der Waals surface area contributed by atoms with E-state index in [0.717, 1.165) is 23.9 Å². The number of carbonyl (C=O) groups excluding carboxylic acids is 1. The van der Waals surface area contributed by atoms with E-state index in [1.165, 1.54) is 12.1 Å². The van der Waals surface area contributed by atoms with Gasteiger partial charge in [-0.1, -0.05) is 13.0 Å². The third-order valence-corrected chi connectivity index (χ3v) is 3.29. The fourth-order valence-corrected chi connectivity index (χ4v) is 2.08. The highest BCUT2D eigenvalue weighted by Gasteiger charge is 2.08. The summed E-state index contributed by atoms with van der Waals surface area (Å²) in [6, 6.07) is 8.49. The van der Waals surface area contributed by atoms with E-state index in [9.17, 15) is 14.9 Å². The molecule has 0 fully saturated rings. The minimum Gasteiger partial charge on any atom is -0.468 e. The van der Waals surface area contributed by atoms with Gasteiger partial charge < -0.3 is 4.74 Å². The third kappa shape index (κ3) is 3.98. The molecule has 0 aliphatic heterocycles. The molecular formula is C15H16N2O4. The Morgan fingerprint density at radius 3 is 2.86 bits per heavy atom. The smallest absolute Gasteiger partial charge is 0.293 e. The van der Waals surface area contributed by atoms with Gasteiger partial charge in [-0.25, -0.2) is 0 Å². The van der Waals surface area contributed by atoms with Gasteiger partial charge in [0, 0.05) is 23.2 Å². The van der Waals surface area contributed by atoms with Gasteiger partial charge in [0.05, 0.1) is 17.0 Å². The second kappa shape index (κ2) is 6.78. The van der Waals surface area contributed by atoms with Gasteiger partial charge in [-0.3, -0.25) is 19.9 Å². The Morgan fingerprint density at radius 1 is 1.38 bits per heavy atom. The number of aromatic nitrogens is 1. The van der Waals surface area contributed by atoms with Crippen molar-refractivity contribution in [2.45, 2.75) is 19.8 Å².